The maximum absolute atomic E-state index is 13.9. The van der Waals surface area contributed by atoms with Crippen molar-refractivity contribution in [2.75, 3.05) is 25.1 Å². The monoisotopic (exact) mass is 552 g/mol. The smallest absolute Gasteiger partial charge is 0.356 e. The van der Waals surface area contributed by atoms with Gasteiger partial charge in [0.2, 0.25) is 11.7 Å². The number of carbonyl (C=O) groups is 1. The van der Waals surface area contributed by atoms with Crippen LogP contribution in [0.25, 0.3) is 22.4 Å². The SMILES string of the molecule is CONC(=O)C1CCN(c2nc(C(F)(F)F)nc(-c3ccc(C)cc3)c2-c2ccc(F)cc2)CC1.O=S=O. The first-order chi connectivity index (χ1) is 18.1. The van der Waals surface area contributed by atoms with E-state index in [-0.39, 0.29) is 23.3 Å². The van der Waals surface area contributed by atoms with Crippen molar-refractivity contribution in [3.63, 3.8) is 0 Å². The number of aryl methyl sites for hydroxylation is 1. The molecule has 0 aliphatic carbocycles. The number of anilines is 1. The first kappa shape index (κ1) is 28.9. The number of nitrogens with zero attached hydrogens (tertiary/aromatic N) is 3. The largest absolute Gasteiger partial charge is 0.451 e. The Bertz CT molecular complexity index is 1290. The zero-order valence-corrected chi connectivity index (χ0v) is 21.2. The minimum Gasteiger partial charge on any atom is -0.356 e. The normalized spacial score (nSPS) is 13.9. The van der Waals surface area contributed by atoms with Crippen LogP contribution in [0.5, 0.6) is 0 Å². The number of hydrogen-bond acceptors (Lipinski definition) is 7. The fourth-order valence-corrected chi connectivity index (χ4v) is 4.14. The number of rotatable bonds is 5. The van der Waals surface area contributed by atoms with E-state index in [4.69, 9.17) is 13.3 Å². The van der Waals surface area contributed by atoms with Gasteiger partial charge in [-0.05, 0) is 37.5 Å². The van der Waals surface area contributed by atoms with Gasteiger partial charge in [-0.15, -0.1) is 0 Å². The topological polar surface area (TPSA) is 101 Å². The van der Waals surface area contributed by atoms with Gasteiger partial charge in [0.1, 0.15) is 11.6 Å². The van der Waals surface area contributed by atoms with Crippen LogP contribution in [0.3, 0.4) is 0 Å². The Hall–Kier alpha value is -3.71. The van der Waals surface area contributed by atoms with Crippen molar-refractivity contribution >= 4 is 23.3 Å². The number of alkyl halides is 3. The zero-order chi connectivity index (χ0) is 27.9. The summed E-state index contributed by atoms with van der Waals surface area (Å²) in [6.45, 7) is 2.48. The Balaban J connectivity index is 0.00000127. The fourth-order valence-electron chi connectivity index (χ4n) is 4.14. The molecule has 1 aliphatic rings. The van der Waals surface area contributed by atoms with E-state index >= 15 is 0 Å². The molecule has 2 heterocycles. The highest BCUT2D eigenvalue weighted by Gasteiger charge is 2.38. The lowest BCUT2D eigenvalue weighted by Crippen LogP contribution is -2.41. The molecule has 0 bridgehead atoms. The average molecular weight is 553 g/mol. The minimum atomic E-state index is -4.77. The number of nitrogens with one attached hydrogen (secondary N) is 1. The number of aromatic nitrogens is 2. The molecule has 0 spiro atoms. The quantitative estimate of drug-likeness (QED) is 0.367. The third-order valence-electron chi connectivity index (χ3n) is 5.97. The molecule has 1 N–H and O–H groups in total. The van der Waals surface area contributed by atoms with Crippen LogP contribution >= 0.6 is 0 Å². The second-order valence-electron chi connectivity index (χ2n) is 8.46. The molecule has 4 rings (SSSR count). The number of amides is 1. The first-order valence-corrected chi connectivity index (χ1v) is 12.1. The van der Waals surface area contributed by atoms with Crippen molar-refractivity contribution in [3.05, 3.63) is 65.7 Å². The van der Waals surface area contributed by atoms with E-state index in [1.807, 2.05) is 6.92 Å². The second kappa shape index (κ2) is 12.7. The molecule has 8 nitrogen and oxygen atoms in total. The van der Waals surface area contributed by atoms with Crippen LogP contribution in [0.2, 0.25) is 0 Å². The van der Waals surface area contributed by atoms with Crippen LogP contribution < -0.4 is 10.4 Å². The molecule has 1 fully saturated rings. The summed E-state index contributed by atoms with van der Waals surface area (Å²) in [7, 11) is 1.34. The number of halogens is 4. The number of hydroxylamine groups is 1. The van der Waals surface area contributed by atoms with Gasteiger partial charge in [-0.2, -0.15) is 21.6 Å². The molecule has 0 unspecified atom stereocenters. The summed E-state index contributed by atoms with van der Waals surface area (Å²) < 4.78 is 71.9. The van der Waals surface area contributed by atoms with Gasteiger partial charge in [-0.3, -0.25) is 9.63 Å². The second-order valence-corrected chi connectivity index (χ2v) is 8.60. The van der Waals surface area contributed by atoms with Crippen molar-refractivity contribution in [1.29, 1.82) is 0 Å². The summed E-state index contributed by atoms with van der Waals surface area (Å²) in [4.78, 5) is 26.4. The van der Waals surface area contributed by atoms with Crippen LogP contribution in [0.4, 0.5) is 23.4 Å². The van der Waals surface area contributed by atoms with Gasteiger partial charge < -0.3 is 4.90 Å². The number of carbonyl (C=O) groups excluding carboxylic acids is 1. The van der Waals surface area contributed by atoms with Crippen LogP contribution in [-0.2, 0) is 27.4 Å². The van der Waals surface area contributed by atoms with Crippen molar-refractivity contribution in [1.82, 2.24) is 15.4 Å². The zero-order valence-electron chi connectivity index (χ0n) is 20.4. The summed E-state index contributed by atoms with van der Waals surface area (Å²) in [5.41, 5.74) is 4.71. The maximum atomic E-state index is 13.9. The minimum absolute atomic E-state index is 0.0973. The number of benzene rings is 2. The molecule has 0 radical (unpaired) electrons. The van der Waals surface area contributed by atoms with E-state index in [0.29, 0.717) is 42.6 Å². The molecule has 0 saturated carbocycles. The van der Waals surface area contributed by atoms with Gasteiger partial charge in [0.05, 0.1) is 18.4 Å². The van der Waals surface area contributed by atoms with Crippen molar-refractivity contribution < 1.29 is 35.6 Å². The van der Waals surface area contributed by atoms with E-state index in [0.717, 1.165) is 5.56 Å². The highest BCUT2D eigenvalue weighted by Crippen LogP contribution is 2.41. The molecule has 1 aromatic heterocycles. The molecule has 202 valence electrons. The van der Waals surface area contributed by atoms with Crippen molar-refractivity contribution in [2.24, 2.45) is 5.92 Å². The lowest BCUT2D eigenvalue weighted by Gasteiger charge is -2.34. The van der Waals surface area contributed by atoms with E-state index < -0.39 is 29.4 Å². The standard InChI is InChI=1S/C25H24F4N4O2.O2S/c1-15-3-5-17(6-4-15)21-20(16-7-9-19(26)10-8-16)22(31-24(30-21)25(27,28)29)33-13-11-18(12-14-33)23(34)32-35-2;1-3-2/h3-10,18H,11-14H2,1-2H3,(H,32,34);. The van der Waals surface area contributed by atoms with Crippen LogP contribution in [0, 0.1) is 18.7 Å². The van der Waals surface area contributed by atoms with E-state index in [1.54, 1.807) is 29.2 Å². The van der Waals surface area contributed by atoms with Gasteiger partial charge >= 0.3 is 17.7 Å². The summed E-state index contributed by atoms with van der Waals surface area (Å²) >= 11 is -0.750. The third kappa shape index (κ3) is 6.98. The maximum Gasteiger partial charge on any atom is 0.451 e. The molecule has 1 amide bonds. The lowest BCUT2D eigenvalue weighted by molar-refractivity contribution is -0.144. The van der Waals surface area contributed by atoms with E-state index in [2.05, 4.69) is 15.4 Å². The molecule has 3 aromatic rings. The number of hydrogen-bond donors (Lipinski definition) is 1. The lowest BCUT2D eigenvalue weighted by atomic mass is 9.94. The van der Waals surface area contributed by atoms with Gasteiger partial charge in [0.15, 0.2) is 0 Å². The Morgan fingerprint density at radius 2 is 1.55 bits per heavy atom. The Labute approximate surface area is 219 Å². The van der Waals surface area contributed by atoms with Crippen LogP contribution in [-0.4, -0.2) is 44.5 Å². The van der Waals surface area contributed by atoms with Crippen LogP contribution in [0.15, 0.2) is 48.5 Å². The van der Waals surface area contributed by atoms with E-state index in [9.17, 15) is 22.4 Å². The highest BCUT2D eigenvalue weighted by atomic mass is 32.1. The molecule has 0 atom stereocenters. The fraction of sp³-hybridized carbons (Fsp3) is 0.320. The van der Waals surface area contributed by atoms with Crippen molar-refractivity contribution in [2.45, 2.75) is 25.9 Å². The van der Waals surface area contributed by atoms with Gasteiger partial charge in [0, 0.05) is 24.6 Å². The average Bonchev–Trinajstić information content (AvgIpc) is 2.89. The van der Waals surface area contributed by atoms with Gasteiger partial charge in [0.25, 0.3) is 0 Å². The predicted octanol–water partition coefficient (Wildman–Crippen LogP) is 4.50. The Kier molecular flexibility index (Phi) is 9.64. The molecule has 13 heteroatoms. The first-order valence-electron chi connectivity index (χ1n) is 11.4. The molecule has 38 heavy (non-hydrogen) atoms. The van der Waals surface area contributed by atoms with Gasteiger partial charge in [-0.1, -0.05) is 42.0 Å². The van der Waals surface area contributed by atoms with Gasteiger partial charge in [-0.25, -0.2) is 19.8 Å². The Morgan fingerprint density at radius 3 is 2.08 bits per heavy atom. The highest BCUT2D eigenvalue weighted by molar-refractivity contribution is 7.51. The predicted molar refractivity (Wildman–Crippen MR) is 132 cm³/mol. The summed E-state index contributed by atoms with van der Waals surface area (Å²) in [6, 6.07) is 12.5. The summed E-state index contributed by atoms with van der Waals surface area (Å²) in [5.74, 6) is -2.23. The summed E-state index contributed by atoms with van der Waals surface area (Å²) in [5, 5.41) is 0. The summed E-state index contributed by atoms with van der Waals surface area (Å²) in [6.07, 6.45) is -3.96. The third-order valence-corrected chi connectivity index (χ3v) is 5.97. The van der Waals surface area contributed by atoms with Crippen LogP contribution in [0.1, 0.15) is 24.2 Å². The molecular formula is C25H24F4N4O4S. The molecule has 2 aromatic carbocycles. The van der Waals surface area contributed by atoms with E-state index in [1.165, 1.54) is 31.4 Å². The number of piperidine rings is 1. The molecular weight excluding hydrogens is 528 g/mol. The Morgan fingerprint density at radius 1 is 1.00 bits per heavy atom. The molecule has 1 saturated heterocycles. The van der Waals surface area contributed by atoms with Crippen molar-refractivity contribution in [3.8, 4) is 22.4 Å². The molecule has 1 aliphatic heterocycles.